The first kappa shape index (κ1) is 10.6. The van der Waals surface area contributed by atoms with Gasteiger partial charge in [-0.3, -0.25) is 4.79 Å². The van der Waals surface area contributed by atoms with E-state index in [-0.39, 0.29) is 0 Å². The zero-order valence-electron chi connectivity index (χ0n) is 8.59. The number of hydrogen-bond donors (Lipinski definition) is 1. The maximum atomic E-state index is 10.7. The molecule has 1 amide bonds. The van der Waals surface area contributed by atoms with Crippen LogP contribution in [0.5, 0.6) is 0 Å². The second-order valence-electron chi connectivity index (χ2n) is 3.30. The van der Waals surface area contributed by atoms with E-state index in [1.165, 1.54) is 11.0 Å². The molecule has 2 rings (SSSR count). The molecule has 80 valence electrons. The summed E-state index contributed by atoms with van der Waals surface area (Å²) in [6.45, 7) is 0. The molecule has 0 bridgehead atoms. The minimum Gasteiger partial charge on any atom is -0.366 e. The lowest BCUT2D eigenvalue weighted by Crippen LogP contribution is -2.05. The fraction of sp³-hybridized carbons (Fsp3) is 0. The Hall–Kier alpha value is -1.87. The zero-order chi connectivity index (χ0) is 11.4. The Morgan fingerprint density at radius 2 is 2.00 bits per heavy atom. The van der Waals surface area contributed by atoms with Crippen LogP contribution in [0.25, 0.3) is 16.5 Å². The Balaban J connectivity index is 2.42. The molecule has 0 unspecified atom stereocenters. The highest BCUT2D eigenvalue weighted by molar-refractivity contribution is 7.13. The van der Waals surface area contributed by atoms with Gasteiger partial charge < -0.3 is 5.73 Å². The maximum absolute atomic E-state index is 10.7. The summed E-state index contributed by atoms with van der Waals surface area (Å²) in [5.41, 5.74) is 7.21. The van der Waals surface area contributed by atoms with Crippen molar-refractivity contribution in [2.75, 3.05) is 0 Å². The molecule has 0 aliphatic rings. The molecule has 0 saturated heterocycles. The van der Waals surface area contributed by atoms with Gasteiger partial charge in [0.2, 0.25) is 5.91 Å². The van der Waals surface area contributed by atoms with Crippen LogP contribution in [0.15, 0.2) is 47.9 Å². The molecule has 2 N–H and O–H groups in total. The third-order valence-electron chi connectivity index (χ3n) is 2.17. The predicted octanol–water partition coefficient (Wildman–Crippen LogP) is 2.91. The largest absolute Gasteiger partial charge is 0.366 e. The molecule has 0 aliphatic carbocycles. The van der Waals surface area contributed by atoms with E-state index in [1.54, 1.807) is 17.4 Å². The van der Waals surface area contributed by atoms with Gasteiger partial charge in [-0.2, -0.15) is 0 Å². The molecule has 2 aromatic rings. The lowest BCUT2D eigenvalue weighted by atomic mass is 10.1. The number of primary amides is 1. The summed E-state index contributed by atoms with van der Waals surface area (Å²) in [6, 6.07) is 12.0. The number of hydrogen-bond acceptors (Lipinski definition) is 2. The minimum absolute atomic E-state index is 0.430. The van der Waals surface area contributed by atoms with Crippen LogP contribution in [0.4, 0.5) is 0 Å². The van der Waals surface area contributed by atoms with Crippen molar-refractivity contribution in [2.24, 2.45) is 5.73 Å². The third kappa shape index (κ3) is 2.38. The van der Waals surface area contributed by atoms with E-state index in [9.17, 15) is 4.79 Å². The fourth-order valence-electron chi connectivity index (χ4n) is 1.47. The summed E-state index contributed by atoms with van der Waals surface area (Å²) in [5.74, 6) is -0.430. The summed E-state index contributed by atoms with van der Waals surface area (Å²) in [4.78, 5) is 11.9. The molecule has 0 spiro atoms. The standard InChI is InChI=1S/C13H11NOS/c14-13(15)8-7-10-4-1-2-5-11(10)12-6-3-9-16-12/h1-9H,(H2,14,15)/b8-7+. The van der Waals surface area contributed by atoms with Crippen molar-refractivity contribution in [3.05, 3.63) is 53.4 Å². The number of thiophene rings is 1. The van der Waals surface area contributed by atoms with Crippen LogP contribution in [0.1, 0.15) is 5.56 Å². The van der Waals surface area contributed by atoms with E-state index < -0.39 is 5.91 Å². The number of rotatable bonds is 3. The van der Waals surface area contributed by atoms with Crippen LogP contribution < -0.4 is 5.73 Å². The normalized spacial score (nSPS) is 10.8. The SMILES string of the molecule is NC(=O)/C=C/c1ccccc1-c1cccs1. The zero-order valence-corrected chi connectivity index (χ0v) is 9.41. The monoisotopic (exact) mass is 229 g/mol. The summed E-state index contributed by atoms with van der Waals surface area (Å²) in [7, 11) is 0. The van der Waals surface area contributed by atoms with Crippen molar-refractivity contribution < 1.29 is 4.79 Å². The lowest BCUT2D eigenvalue weighted by molar-refractivity contribution is -0.113. The molecule has 0 radical (unpaired) electrons. The van der Waals surface area contributed by atoms with Crippen LogP contribution >= 0.6 is 11.3 Å². The van der Waals surface area contributed by atoms with Gasteiger partial charge in [-0.05, 0) is 28.6 Å². The molecule has 3 heteroatoms. The van der Waals surface area contributed by atoms with Gasteiger partial charge in [0.1, 0.15) is 0 Å². The van der Waals surface area contributed by atoms with Gasteiger partial charge in [-0.25, -0.2) is 0 Å². The topological polar surface area (TPSA) is 43.1 Å². The highest BCUT2D eigenvalue weighted by Gasteiger charge is 2.02. The number of nitrogens with two attached hydrogens (primary N) is 1. The van der Waals surface area contributed by atoms with E-state index in [2.05, 4.69) is 6.07 Å². The first-order chi connectivity index (χ1) is 7.77. The lowest BCUT2D eigenvalue weighted by Gasteiger charge is -2.02. The van der Waals surface area contributed by atoms with Gasteiger partial charge in [0.05, 0.1) is 0 Å². The van der Waals surface area contributed by atoms with Crippen molar-refractivity contribution in [3.63, 3.8) is 0 Å². The summed E-state index contributed by atoms with van der Waals surface area (Å²) in [6.07, 6.45) is 3.13. The van der Waals surface area contributed by atoms with Crippen LogP contribution in [0.3, 0.4) is 0 Å². The van der Waals surface area contributed by atoms with E-state index in [0.717, 1.165) is 11.1 Å². The van der Waals surface area contributed by atoms with Crippen molar-refractivity contribution in [1.29, 1.82) is 0 Å². The average molecular weight is 229 g/mol. The summed E-state index contributed by atoms with van der Waals surface area (Å²) in [5, 5.41) is 2.03. The van der Waals surface area contributed by atoms with E-state index >= 15 is 0 Å². The molecule has 1 heterocycles. The highest BCUT2D eigenvalue weighted by atomic mass is 32.1. The van der Waals surface area contributed by atoms with Crippen LogP contribution in [-0.2, 0) is 4.79 Å². The van der Waals surface area contributed by atoms with Gasteiger partial charge in [-0.1, -0.05) is 30.3 Å². The molecule has 0 atom stereocenters. The molecular formula is C13H11NOS. The molecule has 0 aliphatic heterocycles. The Morgan fingerprint density at radius 3 is 2.69 bits per heavy atom. The average Bonchev–Trinajstić information content (AvgIpc) is 2.80. The molecule has 16 heavy (non-hydrogen) atoms. The number of carbonyl (C=O) groups excluding carboxylic acids is 1. The molecule has 1 aromatic carbocycles. The van der Waals surface area contributed by atoms with E-state index in [1.807, 2.05) is 35.7 Å². The van der Waals surface area contributed by atoms with Gasteiger partial charge >= 0.3 is 0 Å². The van der Waals surface area contributed by atoms with Crippen LogP contribution in [0, 0.1) is 0 Å². The quantitative estimate of drug-likeness (QED) is 0.808. The molecular weight excluding hydrogens is 218 g/mol. The summed E-state index contributed by atoms with van der Waals surface area (Å²) >= 11 is 1.67. The summed E-state index contributed by atoms with van der Waals surface area (Å²) < 4.78 is 0. The van der Waals surface area contributed by atoms with Gasteiger partial charge in [-0.15, -0.1) is 11.3 Å². The van der Waals surface area contributed by atoms with Crippen molar-refractivity contribution in [2.45, 2.75) is 0 Å². The number of benzene rings is 1. The Bertz CT molecular complexity index is 514. The Kier molecular flexibility index (Phi) is 3.17. The third-order valence-corrected chi connectivity index (χ3v) is 3.08. The van der Waals surface area contributed by atoms with Crippen molar-refractivity contribution in [3.8, 4) is 10.4 Å². The molecule has 0 saturated carbocycles. The van der Waals surface area contributed by atoms with Crippen molar-refractivity contribution >= 4 is 23.3 Å². The smallest absolute Gasteiger partial charge is 0.241 e. The van der Waals surface area contributed by atoms with Gasteiger partial charge in [0, 0.05) is 11.0 Å². The highest BCUT2D eigenvalue weighted by Crippen LogP contribution is 2.28. The first-order valence-electron chi connectivity index (χ1n) is 4.88. The van der Waals surface area contributed by atoms with Crippen LogP contribution in [-0.4, -0.2) is 5.91 Å². The first-order valence-corrected chi connectivity index (χ1v) is 5.76. The second kappa shape index (κ2) is 4.77. The van der Waals surface area contributed by atoms with Crippen molar-refractivity contribution in [1.82, 2.24) is 0 Å². The second-order valence-corrected chi connectivity index (χ2v) is 4.25. The predicted molar refractivity (Wildman–Crippen MR) is 68.0 cm³/mol. The fourth-order valence-corrected chi connectivity index (χ4v) is 2.24. The Labute approximate surface area is 98.0 Å². The minimum atomic E-state index is -0.430. The number of amides is 1. The molecule has 0 fully saturated rings. The maximum Gasteiger partial charge on any atom is 0.241 e. The molecule has 1 aromatic heterocycles. The number of carbonyl (C=O) groups is 1. The van der Waals surface area contributed by atoms with Gasteiger partial charge in [0.25, 0.3) is 0 Å². The van der Waals surface area contributed by atoms with Crippen LogP contribution in [0.2, 0.25) is 0 Å². The van der Waals surface area contributed by atoms with E-state index in [0.29, 0.717) is 0 Å². The Morgan fingerprint density at radius 1 is 1.19 bits per heavy atom. The van der Waals surface area contributed by atoms with E-state index in [4.69, 9.17) is 5.73 Å². The van der Waals surface area contributed by atoms with Gasteiger partial charge in [0.15, 0.2) is 0 Å². The molecule has 2 nitrogen and oxygen atoms in total.